The minimum Gasteiger partial charge on any atom is -0.480 e. The zero-order valence-corrected chi connectivity index (χ0v) is 9.30. The van der Waals surface area contributed by atoms with Crippen LogP contribution in [0.25, 0.3) is 0 Å². The van der Waals surface area contributed by atoms with E-state index < -0.39 is 5.97 Å². The first kappa shape index (κ1) is 11.9. The number of carboxylic acids is 1. The van der Waals surface area contributed by atoms with Crippen molar-refractivity contribution in [3.05, 3.63) is 0 Å². The Balaban J connectivity index is 3.98. The molecule has 72 valence electrons. The first-order valence-corrected chi connectivity index (χ1v) is 5.41. The van der Waals surface area contributed by atoms with E-state index >= 15 is 0 Å². The summed E-state index contributed by atoms with van der Waals surface area (Å²) in [5, 5.41) is 8.76. The highest BCUT2D eigenvalue weighted by molar-refractivity contribution is 9.10. The molecule has 2 nitrogen and oxygen atoms in total. The first-order valence-electron chi connectivity index (χ1n) is 4.50. The molecule has 0 fully saturated rings. The van der Waals surface area contributed by atoms with Crippen molar-refractivity contribution in [1.29, 1.82) is 0 Å². The first-order chi connectivity index (χ1) is 5.63. The largest absolute Gasteiger partial charge is 0.480 e. The Morgan fingerprint density at radius 1 is 1.33 bits per heavy atom. The number of hydrogen-bond acceptors (Lipinski definition) is 1. The number of carbonyl (C=O) groups is 1. The van der Waals surface area contributed by atoms with Crippen molar-refractivity contribution in [1.82, 2.24) is 0 Å². The monoisotopic (exact) mass is 236 g/mol. The van der Waals surface area contributed by atoms with Crippen LogP contribution in [0.2, 0.25) is 0 Å². The summed E-state index contributed by atoms with van der Waals surface area (Å²) in [4.78, 5) is 10.3. The van der Waals surface area contributed by atoms with Crippen molar-refractivity contribution in [2.75, 3.05) is 0 Å². The molecule has 0 aromatic heterocycles. The molecule has 1 atom stereocenters. The van der Waals surface area contributed by atoms with Crippen LogP contribution in [-0.2, 0) is 4.79 Å². The molecular weight excluding hydrogens is 220 g/mol. The second kappa shape index (κ2) is 6.46. The van der Waals surface area contributed by atoms with Gasteiger partial charge in [-0.15, -0.1) is 0 Å². The molecule has 0 aliphatic rings. The Morgan fingerprint density at radius 2 is 1.75 bits per heavy atom. The summed E-state index contributed by atoms with van der Waals surface area (Å²) in [6.07, 6.45) is 4.10. The SMILES string of the molecule is CCCC(CCC)C(Br)C(=O)O. The number of rotatable bonds is 6. The normalized spacial score (nSPS) is 13.3. The van der Waals surface area contributed by atoms with Crippen LogP contribution in [-0.4, -0.2) is 15.9 Å². The molecule has 0 saturated carbocycles. The lowest BCUT2D eigenvalue weighted by atomic mass is 9.95. The topological polar surface area (TPSA) is 37.3 Å². The number of hydrogen-bond donors (Lipinski definition) is 1. The highest BCUT2D eigenvalue weighted by Gasteiger charge is 2.23. The standard InChI is InChI=1S/C9H17BrO2/c1-3-5-7(6-4-2)8(10)9(11)12/h7-8H,3-6H2,1-2H3,(H,11,12). The Kier molecular flexibility index (Phi) is 6.44. The molecule has 0 saturated heterocycles. The average Bonchev–Trinajstić information content (AvgIpc) is 2.03. The van der Waals surface area contributed by atoms with E-state index in [1.54, 1.807) is 0 Å². The van der Waals surface area contributed by atoms with E-state index in [0.29, 0.717) is 0 Å². The van der Waals surface area contributed by atoms with Crippen molar-refractivity contribution in [3.8, 4) is 0 Å². The predicted octanol–water partition coefficient (Wildman–Crippen LogP) is 3.05. The van der Waals surface area contributed by atoms with E-state index in [0.717, 1.165) is 25.7 Å². The number of aliphatic carboxylic acids is 1. The summed E-state index contributed by atoms with van der Waals surface area (Å²) >= 11 is 3.21. The second-order valence-corrected chi connectivity index (χ2v) is 4.06. The van der Waals surface area contributed by atoms with Crippen LogP contribution in [0.15, 0.2) is 0 Å². The Hall–Kier alpha value is -0.0500. The third kappa shape index (κ3) is 4.10. The van der Waals surface area contributed by atoms with E-state index in [-0.39, 0.29) is 10.7 Å². The lowest BCUT2D eigenvalue weighted by Crippen LogP contribution is -2.23. The van der Waals surface area contributed by atoms with Gasteiger partial charge in [-0.2, -0.15) is 0 Å². The van der Waals surface area contributed by atoms with Crippen LogP contribution in [0.4, 0.5) is 0 Å². The molecule has 0 aromatic carbocycles. The van der Waals surface area contributed by atoms with Crippen LogP contribution in [0.5, 0.6) is 0 Å². The molecule has 0 rings (SSSR count). The van der Waals surface area contributed by atoms with Gasteiger partial charge in [0.1, 0.15) is 4.83 Å². The van der Waals surface area contributed by atoms with Gasteiger partial charge in [0.15, 0.2) is 0 Å². The molecule has 0 aromatic rings. The fraction of sp³-hybridized carbons (Fsp3) is 0.889. The smallest absolute Gasteiger partial charge is 0.317 e. The third-order valence-electron chi connectivity index (χ3n) is 1.97. The summed E-state index contributed by atoms with van der Waals surface area (Å²) in [5.74, 6) is -0.445. The molecule has 1 N–H and O–H groups in total. The Morgan fingerprint density at radius 3 is 2.00 bits per heavy atom. The molecule has 0 aliphatic carbocycles. The van der Waals surface area contributed by atoms with Crippen molar-refractivity contribution in [3.63, 3.8) is 0 Å². The van der Waals surface area contributed by atoms with Crippen LogP contribution in [0, 0.1) is 5.92 Å². The maximum atomic E-state index is 10.6. The molecule has 3 heteroatoms. The summed E-state index contributed by atoms with van der Waals surface area (Å²) in [6.45, 7) is 4.18. The molecule has 0 amide bonds. The maximum absolute atomic E-state index is 10.6. The van der Waals surface area contributed by atoms with E-state index in [1.807, 2.05) is 0 Å². The van der Waals surface area contributed by atoms with E-state index in [4.69, 9.17) is 5.11 Å². The lowest BCUT2D eigenvalue weighted by molar-refractivity contribution is -0.137. The minimum atomic E-state index is -0.734. The van der Waals surface area contributed by atoms with Crippen molar-refractivity contribution in [2.45, 2.75) is 44.4 Å². The van der Waals surface area contributed by atoms with Crippen molar-refractivity contribution in [2.24, 2.45) is 5.92 Å². The number of halogens is 1. The van der Waals surface area contributed by atoms with Gasteiger partial charge in [-0.1, -0.05) is 42.6 Å². The summed E-state index contributed by atoms with van der Waals surface area (Å²) < 4.78 is 0. The van der Waals surface area contributed by atoms with Gasteiger partial charge in [-0.05, 0) is 18.8 Å². The van der Waals surface area contributed by atoms with E-state index in [2.05, 4.69) is 29.8 Å². The fourth-order valence-corrected chi connectivity index (χ4v) is 1.91. The third-order valence-corrected chi connectivity index (χ3v) is 3.11. The van der Waals surface area contributed by atoms with Crippen molar-refractivity contribution < 1.29 is 9.90 Å². The molecular formula is C9H17BrO2. The molecule has 0 spiro atoms. The molecule has 0 radical (unpaired) electrons. The van der Waals surface area contributed by atoms with Gasteiger partial charge in [0.2, 0.25) is 0 Å². The van der Waals surface area contributed by atoms with Crippen LogP contribution < -0.4 is 0 Å². The highest BCUT2D eigenvalue weighted by Crippen LogP contribution is 2.23. The second-order valence-electron chi connectivity index (χ2n) is 3.08. The van der Waals surface area contributed by atoms with Gasteiger partial charge >= 0.3 is 5.97 Å². The number of alkyl halides is 1. The van der Waals surface area contributed by atoms with Gasteiger partial charge in [-0.3, -0.25) is 4.79 Å². The Labute approximate surface area is 82.5 Å². The van der Waals surface area contributed by atoms with Crippen LogP contribution in [0.1, 0.15) is 39.5 Å². The predicted molar refractivity (Wildman–Crippen MR) is 53.7 cm³/mol. The zero-order valence-electron chi connectivity index (χ0n) is 7.72. The molecule has 12 heavy (non-hydrogen) atoms. The van der Waals surface area contributed by atoms with Crippen LogP contribution >= 0.6 is 15.9 Å². The summed E-state index contributed by atoms with van der Waals surface area (Å²) in [6, 6.07) is 0. The van der Waals surface area contributed by atoms with Gasteiger partial charge in [0, 0.05) is 0 Å². The molecule has 1 unspecified atom stereocenters. The van der Waals surface area contributed by atoms with E-state index in [9.17, 15) is 4.79 Å². The van der Waals surface area contributed by atoms with Gasteiger partial charge in [-0.25, -0.2) is 0 Å². The summed E-state index contributed by atoms with van der Waals surface area (Å²) in [7, 11) is 0. The quantitative estimate of drug-likeness (QED) is 0.721. The summed E-state index contributed by atoms with van der Waals surface area (Å²) in [5.41, 5.74) is 0. The Bertz CT molecular complexity index is 130. The van der Waals surface area contributed by atoms with Crippen LogP contribution in [0.3, 0.4) is 0 Å². The van der Waals surface area contributed by atoms with Gasteiger partial charge in [0.05, 0.1) is 0 Å². The van der Waals surface area contributed by atoms with E-state index in [1.165, 1.54) is 0 Å². The minimum absolute atomic E-state index is 0.289. The lowest BCUT2D eigenvalue weighted by Gasteiger charge is -2.17. The number of carboxylic acid groups (broad SMARTS) is 1. The van der Waals surface area contributed by atoms with Gasteiger partial charge < -0.3 is 5.11 Å². The zero-order chi connectivity index (χ0) is 9.56. The molecule has 0 aliphatic heterocycles. The highest BCUT2D eigenvalue weighted by atomic mass is 79.9. The van der Waals surface area contributed by atoms with Crippen molar-refractivity contribution >= 4 is 21.9 Å². The molecule has 0 heterocycles. The average molecular weight is 237 g/mol. The van der Waals surface area contributed by atoms with Gasteiger partial charge in [0.25, 0.3) is 0 Å². The fourth-order valence-electron chi connectivity index (χ4n) is 1.38. The molecule has 0 bridgehead atoms. The maximum Gasteiger partial charge on any atom is 0.317 e.